The van der Waals surface area contributed by atoms with Crippen LogP contribution in [0.3, 0.4) is 0 Å². The molecule has 4 rings (SSSR count). The Kier molecular flexibility index (Phi) is 5.54. The average molecular weight is 472 g/mol. The molecule has 0 N–H and O–H groups in total. The quantitative estimate of drug-likeness (QED) is 0.362. The summed E-state index contributed by atoms with van der Waals surface area (Å²) in [5.74, 6) is -1.53. The predicted octanol–water partition coefficient (Wildman–Crippen LogP) is 5.36. The molecule has 14 heteroatoms. The molecule has 0 bridgehead atoms. The Labute approximate surface area is 179 Å². The molecule has 0 aliphatic heterocycles. The highest BCUT2D eigenvalue weighted by Gasteiger charge is 2.38. The van der Waals surface area contributed by atoms with Crippen LogP contribution in [0.15, 0.2) is 53.6 Å². The number of aromatic nitrogens is 5. The van der Waals surface area contributed by atoms with Crippen molar-refractivity contribution >= 4 is 23.0 Å². The second-order valence-corrected chi connectivity index (χ2v) is 7.41. The molecule has 0 spiro atoms. The van der Waals surface area contributed by atoms with Gasteiger partial charge in [-0.3, -0.25) is 4.98 Å². The Morgan fingerprint density at radius 3 is 2.34 bits per heavy atom. The van der Waals surface area contributed by atoms with Crippen LogP contribution in [-0.2, 0) is 18.9 Å². The first kappa shape index (κ1) is 21.7. The van der Waals surface area contributed by atoms with E-state index < -0.39 is 23.8 Å². The molecular formula is C18H10F6N6OS. The second-order valence-electron chi connectivity index (χ2n) is 6.24. The van der Waals surface area contributed by atoms with Gasteiger partial charge < -0.3 is 9.42 Å². The van der Waals surface area contributed by atoms with Crippen LogP contribution < -0.4 is 4.90 Å². The zero-order valence-electron chi connectivity index (χ0n) is 15.6. The summed E-state index contributed by atoms with van der Waals surface area (Å²) in [6.07, 6.45) is -4.20. The van der Waals surface area contributed by atoms with Gasteiger partial charge in [-0.2, -0.15) is 31.3 Å². The predicted molar refractivity (Wildman–Crippen MR) is 99.7 cm³/mol. The van der Waals surface area contributed by atoms with E-state index in [4.69, 9.17) is 0 Å². The van der Waals surface area contributed by atoms with Crippen molar-refractivity contribution in [2.45, 2.75) is 18.9 Å². The van der Waals surface area contributed by atoms with Crippen molar-refractivity contribution < 1.29 is 30.9 Å². The molecule has 4 aromatic heterocycles. The van der Waals surface area contributed by atoms with E-state index in [2.05, 4.69) is 29.6 Å². The standard InChI is InChI=1S/C18H10F6N6OS/c19-17(20,21)10-3-4-26-13(7-10)30(14-8-25-5-6-27-14)9-11-1-2-12(32-11)15-28-16(31-29-15)18(22,23)24/h1-8H,9H2. The van der Waals surface area contributed by atoms with Gasteiger partial charge in [0.15, 0.2) is 5.82 Å². The van der Waals surface area contributed by atoms with Crippen molar-refractivity contribution in [1.82, 2.24) is 25.1 Å². The molecule has 0 fully saturated rings. The van der Waals surface area contributed by atoms with Crippen LogP contribution in [0.4, 0.5) is 38.0 Å². The highest BCUT2D eigenvalue weighted by atomic mass is 32.1. The third-order valence-electron chi connectivity index (χ3n) is 4.04. The fourth-order valence-electron chi connectivity index (χ4n) is 2.63. The van der Waals surface area contributed by atoms with Gasteiger partial charge in [-0.05, 0) is 24.3 Å². The van der Waals surface area contributed by atoms with E-state index in [-0.39, 0.29) is 28.9 Å². The molecule has 0 atom stereocenters. The molecule has 0 unspecified atom stereocenters. The molecule has 7 nitrogen and oxygen atoms in total. The molecule has 4 heterocycles. The molecular weight excluding hydrogens is 462 g/mol. The van der Waals surface area contributed by atoms with Crippen LogP contribution in [0.1, 0.15) is 16.3 Å². The third-order valence-corrected chi connectivity index (χ3v) is 5.11. The zero-order valence-corrected chi connectivity index (χ0v) is 16.4. The Bertz CT molecular complexity index is 1210. The lowest BCUT2D eigenvalue weighted by Gasteiger charge is -2.22. The fourth-order valence-corrected chi connectivity index (χ4v) is 3.55. The topological polar surface area (TPSA) is 80.8 Å². The van der Waals surface area contributed by atoms with E-state index in [0.29, 0.717) is 4.88 Å². The summed E-state index contributed by atoms with van der Waals surface area (Å²) >= 11 is 1.05. The summed E-state index contributed by atoms with van der Waals surface area (Å²) in [6.45, 7) is 0.0155. The second kappa shape index (κ2) is 8.18. The maximum absolute atomic E-state index is 13.2. The van der Waals surface area contributed by atoms with Gasteiger partial charge >= 0.3 is 18.2 Å². The molecule has 0 radical (unpaired) electrons. The number of hydrogen-bond acceptors (Lipinski definition) is 8. The average Bonchev–Trinajstić information content (AvgIpc) is 3.41. The van der Waals surface area contributed by atoms with Crippen LogP contribution in [-0.4, -0.2) is 25.1 Å². The van der Waals surface area contributed by atoms with Crippen molar-refractivity contribution in [3.8, 4) is 10.7 Å². The van der Waals surface area contributed by atoms with Crippen LogP contribution in [0.5, 0.6) is 0 Å². The fraction of sp³-hybridized carbons (Fsp3) is 0.167. The summed E-state index contributed by atoms with van der Waals surface area (Å²) in [5.41, 5.74) is -0.894. The first-order valence-electron chi connectivity index (χ1n) is 8.68. The normalized spacial score (nSPS) is 12.2. The van der Waals surface area contributed by atoms with Crippen molar-refractivity contribution in [2.75, 3.05) is 4.90 Å². The SMILES string of the molecule is FC(F)(F)c1ccnc(N(Cc2ccc(-c3noc(C(F)(F)F)n3)s2)c2cnccn2)c1. The summed E-state index contributed by atoms with van der Waals surface area (Å²) in [4.78, 5) is 17.7. The Hall–Kier alpha value is -3.55. The highest BCUT2D eigenvalue weighted by molar-refractivity contribution is 7.15. The van der Waals surface area contributed by atoms with E-state index in [1.807, 2.05) is 0 Å². The zero-order chi connectivity index (χ0) is 22.9. The van der Waals surface area contributed by atoms with Gasteiger partial charge in [0.1, 0.15) is 5.82 Å². The maximum atomic E-state index is 13.2. The first-order valence-corrected chi connectivity index (χ1v) is 9.50. The van der Waals surface area contributed by atoms with Crippen molar-refractivity contribution in [3.05, 3.63) is 65.4 Å². The molecule has 4 aromatic rings. The number of thiophene rings is 1. The number of nitrogens with zero attached hydrogens (tertiary/aromatic N) is 6. The van der Waals surface area contributed by atoms with Crippen LogP contribution in [0, 0.1) is 0 Å². The summed E-state index contributed by atoms with van der Waals surface area (Å²) in [6, 6.07) is 4.79. The number of pyridine rings is 1. The van der Waals surface area contributed by atoms with Gasteiger partial charge in [-0.25, -0.2) is 9.97 Å². The minimum Gasteiger partial charge on any atom is -0.329 e. The molecule has 0 amide bonds. The van der Waals surface area contributed by atoms with E-state index >= 15 is 0 Å². The number of rotatable bonds is 5. The van der Waals surface area contributed by atoms with Gasteiger partial charge in [0, 0.05) is 23.5 Å². The lowest BCUT2D eigenvalue weighted by molar-refractivity contribution is -0.159. The molecule has 0 saturated heterocycles. The molecule has 0 aliphatic rings. The molecule has 0 aromatic carbocycles. The monoisotopic (exact) mass is 472 g/mol. The highest BCUT2D eigenvalue weighted by Crippen LogP contribution is 2.35. The Morgan fingerprint density at radius 1 is 0.906 bits per heavy atom. The summed E-state index contributed by atoms with van der Waals surface area (Å²) in [5, 5.41) is 3.33. The molecule has 32 heavy (non-hydrogen) atoms. The number of alkyl halides is 6. The minimum absolute atomic E-state index is 0.0155. The maximum Gasteiger partial charge on any atom is 0.471 e. The van der Waals surface area contributed by atoms with Gasteiger partial charge in [-0.1, -0.05) is 5.16 Å². The van der Waals surface area contributed by atoms with Gasteiger partial charge in [-0.15, -0.1) is 11.3 Å². The first-order chi connectivity index (χ1) is 15.1. The smallest absolute Gasteiger partial charge is 0.329 e. The number of hydrogen-bond donors (Lipinski definition) is 0. The summed E-state index contributed by atoms with van der Waals surface area (Å²) < 4.78 is 81.8. The van der Waals surface area contributed by atoms with Crippen molar-refractivity contribution in [3.63, 3.8) is 0 Å². The Balaban J connectivity index is 1.66. The van der Waals surface area contributed by atoms with Crippen LogP contribution in [0.2, 0.25) is 0 Å². The number of anilines is 2. The number of halogens is 6. The van der Waals surface area contributed by atoms with E-state index in [1.165, 1.54) is 29.6 Å². The van der Waals surface area contributed by atoms with E-state index in [0.717, 1.165) is 29.7 Å². The lowest BCUT2D eigenvalue weighted by atomic mass is 10.2. The lowest BCUT2D eigenvalue weighted by Crippen LogP contribution is -2.19. The molecule has 0 saturated carbocycles. The van der Waals surface area contributed by atoms with E-state index in [1.54, 1.807) is 6.07 Å². The summed E-state index contributed by atoms with van der Waals surface area (Å²) in [7, 11) is 0. The largest absolute Gasteiger partial charge is 0.471 e. The molecule has 166 valence electrons. The third kappa shape index (κ3) is 4.69. The minimum atomic E-state index is -4.77. The van der Waals surface area contributed by atoms with Gasteiger partial charge in [0.2, 0.25) is 5.82 Å². The Morgan fingerprint density at radius 2 is 1.69 bits per heavy atom. The van der Waals surface area contributed by atoms with Crippen LogP contribution >= 0.6 is 11.3 Å². The van der Waals surface area contributed by atoms with Crippen LogP contribution in [0.25, 0.3) is 10.7 Å². The van der Waals surface area contributed by atoms with Gasteiger partial charge in [0.05, 0.1) is 23.2 Å². The van der Waals surface area contributed by atoms with Gasteiger partial charge in [0.25, 0.3) is 0 Å². The van der Waals surface area contributed by atoms with E-state index in [9.17, 15) is 26.3 Å². The van der Waals surface area contributed by atoms with Crippen molar-refractivity contribution in [1.29, 1.82) is 0 Å². The molecule has 0 aliphatic carbocycles. The van der Waals surface area contributed by atoms with Crippen molar-refractivity contribution in [2.24, 2.45) is 0 Å².